The molecule has 5 heteroatoms. The van der Waals surface area contributed by atoms with Gasteiger partial charge in [0.2, 0.25) is 0 Å². The Labute approximate surface area is 150 Å². The van der Waals surface area contributed by atoms with Gasteiger partial charge in [-0.05, 0) is 42.0 Å². The Balaban J connectivity index is 1.88. The summed E-state index contributed by atoms with van der Waals surface area (Å²) in [5, 5.41) is 0. The highest BCUT2D eigenvalue weighted by molar-refractivity contribution is 5.72. The number of nitrogens with zero attached hydrogens (tertiary/aromatic N) is 2. The summed E-state index contributed by atoms with van der Waals surface area (Å²) in [5.74, 6) is 0. The van der Waals surface area contributed by atoms with E-state index in [4.69, 9.17) is 0 Å². The van der Waals surface area contributed by atoms with Gasteiger partial charge in [0.05, 0.1) is 17.9 Å². The molecule has 26 heavy (non-hydrogen) atoms. The SMILES string of the molecule is FC(F)(F)c1ccccc1-c1ccccc1C1CCCCc2cncn21. The van der Waals surface area contributed by atoms with Gasteiger partial charge < -0.3 is 4.57 Å². The minimum absolute atomic E-state index is 0.00693. The molecule has 1 aliphatic rings. The maximum atomic E-state index is 13.5. The third kappa shape index (κ3) is 3.02. The normalized spacial score (nSPS) is 17.6. The molecule has 1 aliphatic heterocycles. The van der Waals surface area contributed by atoms with Gasteiger partial charge in [-0.3, -0.25) is 0 Å². The summed E-state index contributed by atoms with van der Waals surface area (Å²) >= 11 is 0. The first-order valence-electron chi connectivity index (χ1n) is 8.82. The van der Waals surface area contributed by atoms with E-state index in [1.54, 1.807) is 30.6 Å². The molecule has 0 radical (unpaired) electrons. The number of rotatable bonds is 2. The molecular formula is C21H19F3N2. The second-order valence-corrected chi connectivity index (χ2v) is 6.68. The van der Waals surface area contributed by atoms with Gasteiger partial charge in [0.1, 0.15) is 0 Å². The fourth-order valence-corrected chi connectivity index (χ4v) is 3.89. The molecule has 2 nitrogen and oxygen atoms in total. The first-order valence-corrected chi connectivity index (χ1v) is 8.82. The van der Waals surface area contributed by atoms with Gasteiger partial charge in [0.25, 0.3) is 0 Å². The van der Waals surface area contributed by atoms with Crippen LogP contribution in [-0.2, 0) is 12.6 Å². The Bertz CT molecular complexity index is 911. The van der Waals surface area contributed by atoms with Crippen LogP contribution >= 0.6 is 0 Å². The fraction of sp³-hybridized carbons (Fsp3) is 0.286. The number of benzene rings is 2. The molecule has 134 valence electrons. The lowest BCUT2D eigenvalue weighted by Crippen LogP contribution is -2.13. The zero-order valence-electron chi connectivity index (χ0n) is 14.2. The Morgan fingerprint density at radius 3 is 2.46 bits per heavy atom. The summed E-state index contributed by atoms with van der Waals surface area (Å²) in [6.45, 7) is 0. The second kappa shape index (κ2) is 6.63. The van der Waals surface area contributed by atoms with E-state index >= 15 is 0 Å². The quantitative estimate of drug-likeness (QED) is 0.560. The molecule has 0 saturated heterocycles. The molecule has 0 spiro atoms. The molecule has 0 N–H and O–H groups in total. The van der Waals surface area contributed by atoms with E-state index in [9.17, 15) is 13.2 Å². The zero-order chi connectivity index (χ0) is 18.1. The minimum Gasteiger partial charge on any atom is -0.327 e. The molecule has 0 saturated carbocycles. The van der Waals surface area contributed by atoms with Gasteiger partial charge in [0, 0.05) is 11.9 Å². The second-order valence-electron chi connectivity index (χ2n) is 6.68. The predicted octanol–water partition coefficient (Wildman–Crippen LogP) is 5.88. The highest BCUT2D eigenvalue weighted by atomic mass is 19.4. The van der Waals surface area contributed by atoms with Crippen molar-refractivity contribution in [2.45, 2.75) is 37.9 Å². The molecule has 0 fully saturated rings. The van der Waals surface area contributed by atoms with Crippen LogP contribution in [0.5, 0.6) is 0 Å². The molecule has 1 aromatic heterocycles. The molecular weight excluding hydrogens is 337 g/mol. The summed E-state index contributed by atoms with van der Waals surface area (Å²) in [4.78, 5) is 4.26. The van der Waals surface area contributed by atoms with Crippen molar-refractivity contribution in [2.75, 3.05) is 0 Å². The van der Waals surface area contributed by atoms with Crippen molar-refractivity contribution in [3.05, 3.63) is 77.9 Å². The summed E-state index contributed by atoms with van der Waals surface area (Å²) in [6, 6.07) is 13.3. The van der Waals surface area contributed by atoms with Gasteiger partial charge in [-0.2, -0.15) is 13.2 Å². The number of halogens is 3. The van der Waals surface area contributed by atoms with Gasteiger partial charge in [-0.25, -0.2) is 4.98 Å². The summed E-state index contributed by atoms with van der Waals surface area (Å²) < 4.78 is 42.8. The minimum atomic E-state index is -4.38. The van der Waals surface area contributed by atoms with Crippen LogP contribution in [0, 0.1) is 0 Å². The molecule has 2 heterocycles. The summed E-state index contributed by atoms with van der Waals surface area (Å²) in [7, 11) is 0. The third-order valence-electron chi connectivity index (χ3n) is 5.08. The molecule has 0 aliphatic carbocycles. The van der Waals surface area contributed by atoms with E-state index < -0.39 is 11.7 Å². The smallest absolute Gasteiger partial charge is 0.327 e. The number of hydrogen-bond donors (Lipinski definition) is 0. The van der Waals surface area contributed by atoms with Crippen molar-refractivity contribution in [1.82, 2.24) is 9.55 Å². The Morgan fingerprint density at radius 2 is 1.65 bits per heavy atom. The van der Waals surface area contributed by atoms with E-state index in [-0.39, 0.29) is 11.6 Å². The topological polar surface area (TPSA) is 17.8 Å². The average molecular weight is 356 g/mol. The van der Waals surface area contributed by atoms with Crippen LogP contribution in [0.2, 0.25) is 0 Å². The van der Waals surface area contributed by atoms with Gasteiger partial charge in [-0.1, -0.05) is 48.9 Å². The van der Waals surface area contributed by atoms with Crippen LogP contribution in [0.3, 0.4) is 0 Å². The van der Waals surface area contributed by atoms with Crippen LogP contribution in [0.25, 0.3) is 11.1 Å². The number of hydrogen-bond acceptors (Lipinski definition) is 1. The van der Waals surface area contributed by atoms with Crippen LogP contribution in [0.4, 0.5) is 13.2 Å². The maximum absolute atomic E-state index is 13.5. The van der Waals surface area contributed by atoms with E-state index in [0.717, 1.165) is 43.0 Å². The zero-order valence-corrected chi connectivity index (χ0v) is 14.2. The van der Waals surface area contributed by atoms with Gasteiger partial charge >= 0.3 is 6.18 Å². The van der Waals surface area contributed by atoms with Crippen LogP contribution in [0.1, 0.15) is 42.1 Å². The summed E-state index contributed by atoms with van der Waals surface area (Å²) in [6.07, 6.45) is 3.26. The third-order valence-corrected chi connectivity index (χ3v) is 5.08. The fourth-order valence-electron chi connectivity index (χ4n) is 3.89. The van der Waals surface area contributed by atoms with Crippen molar-refractivity contribution >= 4 is 0 Å². The lowest BCUT2D eigenvalue weighted by Gasteiger charge is -2.23. The molecule has 4 rings (SSSR count). The molecule has 1 atom stereocenters. The number of aromatic nitrogens is 2. The standard InChI is InChI=1S/C21H19F3N2/c22-21(23,24)19-11-5-4-9-17(19)16-8-2-3-10-18(16)20-12-6-1-7-15-13-25-14-26(15)20/h2-5,8-11,13-14,20H,1,6-7,12H2. The Hall–Kier alpha value is -2.56. The number of alkyl halides is 3. The highest BCUT2D eigenvalue weighted by Gasteiger charge is 2.34. The van der Waals surface area contributed by atoms with E-state index in [2.05, 4.69) is 9.55 Å². The molecule has 0 bridgehead atoms. The van der Waals surface area contributed by atoms with Crippen LogP contribution in [0.15, 0.2) is 61.1 Å². The van der Waals surface area contributed by atoms with Crippen molar-refractivity contribution in [3.8, 4) is 11.1 Å². The predicted molar refractivity (Wildman–Crippen MR) is 94.8 cm³/mol. The van der Waals surface area contributed by atoms with Gasteiger partial charge in [-0.15, -0.1) is 0 Å². The lowest BCUT2D eigenvalue weighted by molar-refractivity contribution is -0.137. The molecule has 0 amide bonds. The summed E-state index contributed by atoms with van der Waals surface area (Å²) in [5.41, 5.74) is 2.36. The highest BCUT2D eigenvalue weighted by Crippen LogP contribution is 2.41. The largest absolute Gasteiger partial charge is 0.417 e. The van der Waals surface area contributed by atoms with Crippen LogP contribution < -0.4 is 0 Å². The van der Waals surface area contributed by atoms with E-state index in [1.807, 2.05) is 18.3 Å². The van der Waals surface area contributed by atoms with E-state index in [0.29, 0.717) is 5.56 Å². The van der Waals surface area contributed by atoms with Gasteiger partial charge in [0.15, 0.2) is 0 Å². The Kier molecular flexibility index (Phi) is 4.31. The van der Waals surface area contributed by atoms with Crippen molar-refractivity contribution in [3.63, 3.8) is 0 Å². The number of imidazole rings is 1. The van der Waals surface area contributed by atoms with E-state index in [1.165, 1.54) is 6.07 Å². The maximum Gasteiger partial charge on any atom is 0.417 e. The Morgan fingerprint density at radius 1 is 0.923 bits per heavy atom. The monoisotopic (exact) mass is 356 g/mol. The van der Waals surface area contributed by atoms with Crippen molar-refractivity contribution in [1.29, 1.82) is 0 Å². The average Bonchev–Trinajstić information content (AvgIpc) is 3.01. The first-order chi connectivity index (χ1) is 12.6. The number of aryl methyl sites for hydroxylation is 1. The molecule has 2 aromatic carbocycles. The molecule has 1 unspecified atom stereocenters. The van der Waals surface area contributed by atoms with Crippen LogP contribution in [-0.4, -0.2) is 9.55 Å². The van der Waals surface area contributed by atoms with Crippen molar-refractivity contribution < 1.29 is 13.2 Å². The number of fused-ring (bicyclic) bond motifs is 1. The van der Waals surface area contributed by atoms with Crippen molar-refractivity contribution in [2.24, 2.45) is 0 Å². The molecule has 3 aromatic rings. The lowest BCUT2D eigenvalue weighted by atomic mass is 9.90. The first kappa shape index (κ1) is 16.9.